The maximum absolute atomic E-state index is 13.1. The smallest absolute Gasteiger partial charge is 0.236 e. The van der Waals surface area contributed by atoms with Crippen molar-refractivity contribution in [3.63, 3.8) is 0 Å². The molecule has 22 heavy (non-hydrogen) atoms. The Labute approximate surface area is 129 Å². The number of nitrogens with two attached hydrogens (primary N) is 1. The highest BCUT2D eigenvalue weighted by Crippen LogP contribution is 2.14. The van der Waals surface area contributed by atoms with Crippen molar-refractivity contribution in [3.8, 4) is 5.75 Å². The summed E-state index contributed by atoms with van der Waals surface area (Å²) >= 11 is 0. The number of hydrogen-bond donors (Lipinski definition) is 2. The first-order valence-electron chi connectivity index (χ1n) is 7.04. The Morgan fingerprint density at radius 3 is 2.59 bits per heavy atom. The van der Waals surface area contributed by atoms with Crippen LogP contribution in [0.2, 0.25) is 0 Å². The lowest BCUT2D eigenvalue weighted by Crippen LogP contribution is -2.37. The lowest BCUT2D eigenvalue weighted by molar-refractivity contribution is -0.122. The lowest BCUT2D eigenvalue weighted by Gasteiger charge is -2.09. The average Bonchev–Trinajstić information content (AvgIpc) is 2.51. The van der Waals surface area contributed by atoms with Gasteiger partial charge in [0.15, 0.2) is 0 Å². The minimum atomic E-state index is -0.520. The maximum atomic E-state index is 13.1. The van der Waals surface area contributed by atoms with E-state index >= 15 is 0 Å². The zero-order valence-corrected chi connectivity index (χ0v) is 12.4. The second-order valence-corrected chi connectivity index (χ2v) is 5.07. The Bertz CT molecular complexity index is 627. The molecule has 4 nitrogen and oxygen atoms in total. The molecule has 2 aromatic carbocycles. The van der Waals surface area contributed by atoms with Crippen molar-refractivity contribution >= 4 is 5.91 Å². The third kappa shape index (κ3) is 4.86. The molecule has 1 atom stereocenters. The molecular weight excluding hydrogens is 283 g/mol. The molecule has 3 N–H and O–H groups in total. The molecule has 0 bridgehead atoms. The summed E-state index contributed by atoms with van der Waals surface area (Å²) in [7, 11) is 0. The van der Waals surface area contributed by atoms with E-state index in [4.69, 9.17) is 10.5 Å². The standard InChI is InChI=1S/C17H19FN2O2/c1-12(19)17(21)20-10-13-5-7-16(8-6-13)22-11-14-3-2-4-15(18)9-14/h2-9,12H,10-11,19H2,1H3,(H,20,21). The Hall–Kier alpha value is -2.40. The van der Waals surface area contributed by atoms with Gasteiger partial charge >= 0.3 is 0 Å². The fraction of sp³-hybridized carbons (Fsp3) is 0.235. The van der Waals surface area contributed by atoms with Gasteiger partial charge in [-0.1, -0.05) is 24.3 Å². The van der Waals surface area contributed by atoms with Gasteiger partial charge in [-0.2, -0.15) is 0 Å². The van der Waals surface area contributed by atoms with Gasteiger partial charge in [0, 0.05) is 6.54 Å². The minimum Gasteiger partial charge on any atom is -0.489 e. The molecular formula is C17H19FN2O2. The summed E-state index contributed by atoms with van der Waals surface area (Å²) in [5, 5.41) is 2.74. The van der Waals surface area contributed by atoms with Crippen molar-refractivity contribution in [2.75, 3.05) is 0 Å². The summed E-state index contributed by atoms with van der Waals surface area (Å²) in [5.74, 6) is 0.222. The first-order chi connectivity index (χ1) is 10.5. The molecule has 1 unspecified atom stereocenters. The first kappa shape index (κ1) is 16.0. The first-order valence-corrected chi connectivity index (χ1v) is 7.04. The van der Waals surface area contributed by atoms with E-state index in [-0.39, 0.29) is 11.7 Å². The van der Waals surface area contributed by atoms with Gasteiger partial charge in [0.2, 0.25) is 5.91 Å². The van der Waals surface area contributed by atoms with Crippen LogP contribution in [0.1, 0.15) is 18.1 Å². The van der Waals surface area contributed by atoms with Crippen LogP contribution < -0.4 is 15.8 Å². The molecule has 0 radical (unpaired) electrons. The van der Waals surface area contributed by atoms with Gasteiger partial charge in [0.05, 0.1) is 6.04 Å². The highest BCUT2D eigenvalue weighted by atomic mass is 19.1. The summed E-state index contributed by atoms with van der Waals surface area (Å²) in [6.07, 6.45) is 0. The molecule has 0 aromatic heterocycles. The number of carbonyl (C=O) groups is 1. The topological polar surface area (TPSA) is 64.4 Å². The number of benzene rings is 2. The van der Waals surface area contributed by atoms with E-state index in [0.29, 0.717) is 18.9 Å². The number of carbonyl (C=O) groups excluding carboxylic acids is 1. The fourth-order valence-electron chi connectivity index (χ4n) is 1.85. The lowest BCUT2D eigenvalue weighted by atomic mass is 10.2. The Morgan fingerprint density at radius 1 is 1.23 bits per heavy atom. The number of rotatable bonds is 6. The molecule has 116 valence electrons. The molecule has 0 heterocycles. The quantitative estimate of drug-likeness (QED) is 0.861. The number of hydrogen-bond acceptors (Lipinski definition) is 3. The summed E-state index contributed by atoms with van der Waals surface area (Å²) in [6, 6.07) is 13.1. The van der Waals surface area contributed by atoms with E-state index in [9.17, 15) is 9.18 Å². The second-order valence-electron chi connectivity index (χ2n) is 5.07. The Kier molecular flexibility index (Phi) is 5.49. The van der Waals surface area contributed by atoms with E-state index in [0.717, 1.165) is 11.1 Å². The molecule has 0 spiro atoms. The van der Waals surface area contributed by atoms with Crippen molar-refractivity contribution in [3.05, 3.63) is 65.5 Å². The molecule has 1 amide bonds. The summed E-state index contributed by atoms with van der Waals surface area (Å²) in [5.41, 5.74) is 7.19. The van der Waals surface area contributed by atoms with E-state index in [1.807, 2.05) is 24.3 Å². The third-order valence-electron chi connectivity index (χ3n) is 3.10. The average molecular weight is 302 g/mol. The van der Waals surface area contributed by atoms with Crippen LogP contribution in [0.3, 0.4) is 0 Å². The maximum Gasteiger partial charge on any atom is 0.236 e. The number of ether oxygens (including phenoxy) is 1. The SMILES string of the molecule is CC(N)C(=O)NCc1ccc(OCc2cccc(F)c2)cc1. The highest BCUT2D eigenvalue weighted by molar-refractivity contribution is 5.80. The van der Waals surface area contributed by atoms with Crippen LogP contribution in [0.4, 0.5) is 4.39 Å². The van der Waals surface area contributed by atoms with Crippen molar-refractivity contribution in [2.24, 2.45) is 5.73 Å². The van der Waals surface area contributed by atoms with Crippen LogP contribution in [0.5, 0.6) is 5.75 Å². The highest BCUT2D eigenvalue weighted by Gasteiger charge is 2.06. The van der Waals surface area contributed by atoms with Gasteiger partial charge in [0.1, 0.15) is 18.2 Å². The van der Waals surface area contributed by atoms with Gasteiger partial charge in [-0.05, 0) is 42.3 Å². The van der Waals surface area contributed by atoms with Crippen LogP contribution in [0.15, 0.2) is 48.5 Å². The van der Waals surface area contributed by atoms with Crippen LogP contribution in [-0.2, 0) is 17.9 Å². The fourth-order valence-corrected chi connectivity index (χ4v) is 1.85. The van der Waals surface area contributed by atoms with E-state index < -0.39 is 6.04 Å². The van der Waals surface area contributed by atoms with Gasteiger partial charge in [0.25, 0.3) is 0 Å². The minimum absolute atomic E-state index is 0.188. The van der Waals surface area contributed by atoms with Gasteiger partial charge in [-0.3, -0.25) is 4.79 Å². The molecule has 0 aliphatic carbocycles. The summed E-state index contributed by atoms with van der Waals surface area (Å²) in [6.45, 7) is 2.36. The van der Waals surface area contributed by atoms with E-state index in [1.54, 1.807) is 19.1 Å². The van der Waals surface area contributed by atoms with Crippen molar-refractivity contribution < 1.29 is 13.9 Å². The molecule has 0 aliphatic rings. The van der Waals surface area contributed by atoms with Gasteiger partial charge in [-0.25, -0.2) is 4.39 Å². The van der Waals surface area contributed by atoms with Crippen molar-refractivity contribution in [1.82, 2.24) is 5.32 Å². The predicted octanol–water partition coefficient (Wildman–Crippen LogP) is 2.37. The Balaban J connectivity index is 1.85. The molecule has 5 heteroatoms. The summed E-state index contributed by atoms with van der Waals surface area (Å²) < 4.78 is 18.6. The van der Waals surface area contributed by atoms with Crippen LogP contribution in [-0.4, -0.2) is 11.9 Å². The predicted molar refractivity (Wildman–Crippen MR) is 82.7 cm³/mol. The molecule has 0 saturated heterocycles. The van der Waals surface area contributed by atoms with E-state index in [2.05, 4.69) is 5.32 Å². The zero-order chi connectivity index (χ0) is 15.9. The van der Waals surface area contributed by atoms with Crippen LogP contribution in [0.25, 0.3) is 0 Å². The van der Waals surface area contributed by atoms with Crippen molar-refractivity contribution in [2.45, 2.75) is 26.1 Å². The molecule has 0 saturated carbocycles. The van der Waals surface area contributed by atoms with Crippen LogP contribution >= 0.6 is 0 Å². The largest absolute Gasteiger partial charge is 0.489 e. The van der Waals surface area contributed by atoms with Gasteiger partial charge < -0.3 is 15.8 Å². The number of halogens is 1. The molecule has 2 rings (SSSR count). The molecule has 0 aliphatic heterocycles. The van der Waals surface area contributed by atoms with Crippen LogP contribution in [0, 0.1) is 5.82 Å². The van der Waals surface area contributed by atoms with Crippen molar-refractivity contribution in [1.29, 1.82) is 0 Å². The monoisotopic (exact) mass is 302 g/mol. The molecule has 0 fully saturated rings. The number of amides is 1. The van der Waals surface area contributed by atoms with E-state index in [1.165, 1.54) is 12.1 Å². The number of nitrogens with one attached hydrogen (secondary N) is 1. The second kappa shape index (κ2) is 7.56. The summed E-state index contributed by atoms with van der Waals surface area (Å²) in [4.78, 5) is 11.4. The normalized spacial score (nSPS) is 11.8. The Morgan fingerprint density at radius 2 is 1.95 bits per heavy atom. The third-order valence-corrected chi connectivity index (χ3v) is 3.10. The van der Waals surface area contributed by atoms with Gasteiger partial charge in [-0.15, -0.1) is 0 Å². The zero-order valence-electron chi connectivity index (χ0n) is 12.4. The molecule has 2 aromatic rings.